The molecule has 0 spiro atoms. The third kappa shape index (κ3) is 9.76. The zero-order chi connectivity index (χ0) is 12.4. The molecular formula is C16H28. The predicted molar refractivity (Wildman–Crippen MR) is 75.6 cm³/mol. The maximum absolute atomic E-state index is 2.36. The zero-order valence-electron chi connectivity index (χ0n) is 11.7. The SMILES string of the molecule is C/C=C(C)/C=C\CC[C@H](C)CCC=C(C)C. The molecule has 0 aromatic carbocycles. The number of hydrogen-bond donors (Lipinski definition) is 0. The van der Waals surface area contributed by atoms with Crippen LogP contribution in [0.5, 0.6) is 0 Å². The highest BCUT2D eigenvalue weighted by Crippen LogP contribution is 2.14. The van der Waals surface area contributed by atoms with E-state index in [4.69, 9.17) is 0 Å². The second-order valence-electron chi connectivity index (χ2n) is 4.98. The highest BCUT2D eigenvalue weighted by Gasteiger charge is 1.98. The second-order valence-corrected chi connectivity index (χ2v) is 4.98. The summed E-state index contributed by atoms with van der Waals surface area (Å²) in [7, 11) is 0. The predicted octanol–water partition coefficient (Wildman–Crippen LogP) is 5.67. The summed E-state index contributed by atoms with van der Waals surface area (Å²) in [6, 6.07) is 0. The van der Waals surface area contributed by atoms with Gasteiger partial charge in [-0.3, -0.25) is 0 Å². The van der Waals surface area contributed by atoms with Gasteiger partial charge in [0.2, 0.25) is 0 Å². The van der Waals surface area contributed by atoms with E-state index >= 15 is 0 Å². The molecule has 0 aliphatic carbocycles. The van der Waals surface area contributed by atoms with Gasteiger partial charge >= 0.3 is 0 Å². The van der Waals surface area contributed by atoms with Gasteiger partial charge in [0.05, 0.1) is 0 Å². The summed E-state index contributed by atoms with van der Waals surface area (Å²) >= 11 is 0. The maximum Gasteiger partial charge on any atom is -0.0345 e. The molecule has 0 radical (unpaired) electrons. The summed E-state index contributed by atoms with van der Waals surface area (Å²) in [4.78, 5) is 0. The van der Waals surface area contributed by atoms with Gasteiger partial charge in [-0.05, 0) is 59.3 Å². The standard InChI is InChI=1S/C16H28/c1-6-15(4)11-7-8-12-16(5)13-9-10-14(2)3/h6-7,10-11,16H,8-9,12-13H2,1-5H3/b11-7-,15-6+/t16-/m0/s1. The Morgan fingerprint density at radius 1 is 1.06 bits per heavy atom. The Hall–Kier alpha value is -0.780. The Morgan fingerprint density at radius 3 is 2.25 bits per heavy atom. The Morgan fingerprint density at radius 2 is 1.69 bits per heavy atom. The molecule has 1 atom stereocenters. The topological polar surface area (TPSA) is 0 Å². The van der Waals surface area contributed by atoms with Gasteiger partial charge in [0, 0.05) is 0 Å². The van der Waals surface area contributed by atoms with E-state index in [0.29, 0.717) is 0 Å². The normalized spacial score (nSPS) is 14.2. The van der Waals surface area contributed by atoms with Crippen molar-refractivity contribution < 1.29 is 0 Å². The first kappa shape index (κ1) is 15.2. The van der Waals surface area contributed by atoms with Crippen LogP contribution in [0.15, 0.2) is 35.5 Å². The molecule has 0 bridgehead atoms. The van der Waals surface area contributed by atoms with E-state index in [1.165, 1.54) is 36.8 Å². The summed E-state index contributed by atoms with van der Waals surface area (Å²) in [5.41, 5.74) is 2.80. The minimum atomic E-state index is 0.839. The first-order valence-corrected chi connectivity index (χ1v) is 6.49. The van der Waals surface area contributed by atoms with Gasteiger partial charge in [-0.1, -0.05) is 42.4 Å². The summed E-state index contributed by atoms with van der Waals surface area (Å²) < 4.78 is 0. The first-order valence-electron chi connectivity index (χ1n) is 6.49. The molecule has 0 fully saturated rings. The maximum atomic E-state index is 2.36. The van der Waals surface area contributed by atoms with E-state index in [1.807, 2.05) is 0 Å². The van der Waals surface area contributed by atoms with Crippen molar-refractivity contribution in [1.29, 1.82) is 0 Å². The molecule has 0 unspecified atom stereocenters. The van der Waals surface area contributed by atoms with E-state index in [2.05, 4.69) is 58.9 Å². The van der Waals surface area contributed by atoms with Crippen LogP contribution in [-0.4, -0.2) is 0 Å². The fourth-order valence-electron chi connectivity index (χ4n) is 1.55. The molecule has 0 rings (SSSR count). The van der Waals surface area contributed by atoms with Gasteiger partial charge in [0.1, 0.15) is 0 Å². The van der Waals surface area contributed by atoms with Crippen LogP contribution in [0.4, 0.5) is 0 Å². The third-order valence-corrected chi connectivity index (χ3v) is 2.87. The van der Waals surface area contributed by atoms with E-state index < -0.39 is 0 Å². The Labute approximate surface area is 102 Å². The van der Waals surface area contributed by atoms with Crippen molar-refractivity contribution >= 4 is 0 Å². The largest absolute Gasteiger partial charge is 0.0859 e. The quantitative estimate of drug-likeness (QED) is 0.383. The molecule has 0 saturated heterocycles. The second kappa shape index (κ2) is 9.45. The Balaban J connectivity index is 3.62. The highest BCUT2D eigenvalue weighted by atomic mass is 14.0. The van der Waals surface area contributed by atoms with Gasteiger partial charge in [0.15, 0.2) is 0 Å². The molecule has 0 aromatic heterocycles. The zero-order valence-corrected chi connectivity index (χ0v) is 11.7. The van der Waals surface area contributed by atoms with Gasteiger partial charge in [-0.2, -0.15) is 0 Å². The molecule has 92 valence electrons. The summed E-state index contributed by atoms with van der Waals surface area (Å²) in [6.45, 7) is 10.9. The van der Waals surface area contributed by atoms with E-state index in [-0.39, 0.29) is 0 Å². The van der Waals surface area contributed by atoms with E-state index in [0.717, 1.165) is 5.92 Å². The van der Waals surface area contributed by atoms with Gasteiger partial charge in [-0.25, -0.2) is 0 Å². The Kier molecular flexibility index (Phi) is 8.99. The van der Waals surface area contributed by atoms with Crippen LogP contribution in [0.25, 0.3) is 0 Å². The van der Waals surface area contributed by atoms with Crippen molar-refractivity contribution in [2.75, 3.05) is 0 Å². The fourth-order valence-corrected chi connectivity index (χ4v) is 1.55. The van der Waals surface area contributed by atoms with Gasteiger partial charge in [-0.15, -0.1) is 0 Å². The monoisotopic (exact) mass is 220 g/mol. The van der Waals surface area contributed by atoms with Crippen LogP contribution in [0, 0.1) is 5.92 Å². The molecule has 0 N–H and O–H groups in total. The van der Waals surface area contributed by atoms with Crippen LogP contribution < -0.4 is 0 Å². The van der Waals surface area contributed by atoms with Crippen molar-refractivity contribution in [3.8, 4) is 0 Å². The summed E-state index contributed by atoms with van der Waals surface area (Å²) in [5, 5.41) is 0. The highest BCUT2D eigenvalue weighted by molar-refractivity contribution is 5.14. The molecule has 0 amide bonds. The minimum Gasteiger partial charge on any atom is -0.0859 e. The molecule has 0 aromatic rings. The van der Waals surface area contributed by atoms with E-state index in [9.17, 15) is 0 Å². The van der Waals surface area contributed by atoms with Crippen LogP contribution in [0.3, 0.4) is 0 Å². The lowest BCUT2D eigenvalue weighted by Crippen LogP contribution is -1.92. The Bertz CT molecular complexity index is 249. The molecule has 0 aliphatic rings. The molecule has 0 heterocycles. The van der Waals surface area contributed by atoms with Crippen LogP contribution in [0.2, 0.25) is 0 Å². The first-order chi connectivity index (χ1) is 7.56. The van der Waals surface area contributed by atoms with Crippen LogP contribution in [-0.2, 0) is 0 Å². The minimum absolute atomic E-state index is 0.839. The van der Waals surface area contributed by atoms with Crippen molar-refractivity contribution in [2.45, 2.75) is 60.3 Å². The van der Waals surface area contributed by atoms with Crippen LogP contribution in [0.1, 0.15) is 60.3 Å². The lowest BCUT2D eigenvalue weighted by Gasteiger charge is -2.07. The van der Waals surface area contributed by atoms with Gasteiger partial charge in [0.25, 0.3) is 0 Å². The number of allylic oxidation sites excluding steroid dienone is 6. The average molecular weight is 220 g/mol. The number of rotatable bonds is 7. The van der Waals surface area contributed by atoms with Crippen molar-refractivity contribution in [3.05, 3.63) is 35.5 Å². The average Bonchev–Trinajstić information content (AvgIpc) is 2.23. The van der Waals surface area contributed by atoms with Crippen LogP contribution >= 0.6 is 0 Å². The summed E-state index contributed by atoms with van der Waals surface area (Å²) in [6.07, 6.45) is 14.1. The smallest absolute Gasteiger partial charge is 0.0345 e. The third-order valence-electron chi connectivity index (χ3n) is 2.87. The summed E-state index contributed by atoms with van der Waals surface area (Å²) in [5.74, 6) is 0.839. The van der Waals surface area contributed by atoms with Crippen molar-refractivity contribution in [2.24, 2.45) is 5.92 Å². The van der Waals surface area contributed by atoms with Crippen molar-refractivity contribution in [3.63, 3.8) is 0 Å². The molecule has 16 heavy (non-hydrogen) atoms. The number of hydrogen-bond acceptors (Lipinski definition) is 0. The lowest BCUT2D eigenvalue weighted by atomic mass is 9.99. The lowest BCUT2D eigenvalue weighted by molar-refractivity contribution is 0.501. The van der Waals surface area contributed by atoms with E-state index in [1.54, 1.807) is 0 Å². The molecular weight excluding hydrogens is 192 g/mol. The fraction of sp³-hybridized carbons (Fsp3) is 0.625. The van der Waals surface area contributed by atoms with Gasteiger partial charge < -0.3 is 0 Å². The molecule has 0 saturated carbocycles. The van der Waals surface area contributed by atoms with Crippen molar-refractivity contribution in [1.82, 2.24) is 0 Å². The molecule has 0 heteroatoms. The molecule has 0 nitrogen and oxygen atoms in total. The molecule has 0 aliphatic heterocycles.